The minimum Gasteiger partial charge on any atom is -0.359 e. The van der Waals surface area contributed by atoms with E-state index in [1.54, 1.807) is 7.05 Å². The van der Waals surface area contributed by atoms with Gasteiger partial charge < -0.3 is 10.6 Å². The molecular formula is C13H19BrN2O. The predicted molar refractivity (Wildman–Crippen MR) is 74.0 cm³/mol. The average molecular weight is 299 g/mol. The Balaban J connectivity index is 2.27. The van der Waals surface area contributed by atoms with E-state index in [0.717, 1.165) is 17.4 Å². The molecule has 1 unspecified atom stereocenters. The van der Waals surface area contributed by atoms with Crippen LogP contribution in [0.5, 0.6) is 0 Å². The summed E-state index contributed by atoms with van der Waals surface area (Å²) in [6.07, 6.45) is 1.50. The van der Waals surface area contributed by atoms with E-state index in [2.05, 4.69) is 45.6 Å². The maximum absolute atomic E-state index is 11.0. The van der Waals surface area contributed by atoms with Crippen molar-refractivity contribution in [1.82, 2.24) is 10.6 Å². The fraction of sp³-hybridized carbons (Fsp3) is 0.462. The van der Waals surface area contributed by atoms with Gasteiger partial charge in [0.25, 0.3) is 0 Å². The van der Waals surface area contributed by atoms with Gasteiger partial charge in [-0.15, -0.1) is 0 Å². The fourth-order valence-corrected chi connectivity index (χ4v) is 1.87. The molecule has 0 aromatic heterocycles. The van der Waals surface area contributed by atoms with Crippen molar-refractivity contribution >= 4 is 21.8 Å². The molecule has 94 valence electrons. The van der Waals surface area contributed by atoms with E-state index in [9.17, 15) is 4.79 Å². The van der Waals surface area contributed by atoms with Crippen LogP contribution in [-0.4, -0.2) is 25.5 Å². The Morgan fingerprint density at radius 2 is 2.00 bits per heavy atom. The molecular weight excluding hydrogens is 280 g/mol. The van der Waals surface area contributed by atoms with Crippen molar-refractivity contribution in [3.8, 4) is 0 Å². The molecule has 2 N–H and O–H groups in total. The molecule has 4 heteroatoms. The summed E-state index contributed by atoms with van der Waals surface area (Å²) in [6.45, 7) is 2.85. The molecule has 1 aromatic rings. The molecule has 0 aliphatic rings. The zero-order valence-electron chi connectivity index (χ0n) is 10.3. The van der Waals surface area contributed by atoms with E-state index >= 15 is 0 Å². The molecule has 0 spiro atoms. The molecule has 0 saturated carbocycles. The number of nitrogens with one attached hydrogen (secondary N) is 2. The summed E-state index contributed by atoms with van der Waals surface area (Å²) in [5.74, 6) is 0.0772. The first-order chi connectivity index (χ1) is 8.11. The molecule has 0 radical (unpaired) electrons. The third-order valence-electron chi connectivity index (χ3n) is 2.58. The monoisotopic (exact) mass is 298 g/mol. The van der Waals surface area contributed by atoms with Gasteiger partial charge in [-0.1, -0.05) is 28.1 Å². The Morgan fingerprint density at radius 3 is 2.59 bits per heavy atom. The molecule has 0 fully saturated rings. The van der Waals surface area contributed by atoms with Gasteiger partial charge >= 0.3 is 0 Å². The lowest BCUT2D eigenvalue weighted by Gasteiger charge is -2.13. The SMILES string of the molecule is CNC(=O)CCNC(C)Cc1ccc(Br)cc1. The highest BCUT2D eigenvalue weighted by Crippen LogP contribution is 2.11. The van der Waals surface area contributed by atoms with Crippen molar-refractivity contribution in [2.24, 2.45) is 0 Å². The van der Waals surface area contributed by atoms with E-state index in [0.29, 0.717) is 12.5 Å². The highest BCUT2D eigenvalue weighted by molar-refractivity contribution is 9.10. The quantitative estimate of drug-likeness (QED) is 0.844. The maximum Gasteiger partial charge on any atom is 0.221 e. The van der Waals surface area contributed by atoms with Crippen LogP contribution in [0, 0.1) is 0 Å². The first-order valence-electron chi connectivity index (χ1n) is 5.80. The van der Waals surface area contributed by atoms with E-state index in [1.807, 2.05) is 12.1 Å². The molecule has 0 aliphatic heterocycles. The zero-order chi connectivity index (χ0) is 12.7. The van der Waals surface area contributed by atoms with E-state index in [1.165, 1.54) is 5.56 Å². The van der Waals surface area contributed by atoms with Crippen LogP contribution in [0.25, 0.3) is 0 Å². The summed E-state index contributed by atoms with van der Waals surface area (Å²) < 4.78 is 1.10. The molecule has 0 saturated heterocycles. The van der Waals surface area contributed by atoms with Crippen LogP contribution in [0.1, 0.15) is 18.9 Å². The lowest BCUT2D eigenvalue weighted by Crippen LogP contribution is -2.32. The third-order valence-corrected chi connectivity index (χ3v) is 3.11. The summed E-state index contributed by atoms with van der Waals surface area (Å²) >= 11 is 3.42. The normalized spacial score (nSPS) is 12.2. The molecule has 1 amide bonds. The van der Waals surface area contributed by atoms with Gasteiger partial charge in [0.05, 0.1) is 0 Å². The summed E-state index contributed by atoms with van der Waals surface area (Å²) in [5.41, 5.74) is 1.30. The number of benzene rings is 1. The Kier molecular flexibility index (Phi) is 6.22. The average Bonchev–Trinajstić information content (AvgIpc) is 2.32. The van der Waals surface area contributed by atoms with Gasteiger partial charge in [0.15, 0.2) is 0 Å². The van der Waals surface area contributed by atoms with Gasteiger partial charge in [-0.3, -0.25) is 4.79 Å². The van der Waals surface area contributed by atoms with E-state index < -0.39 is 0 Å². The molecule has 0 heterocycles. The van der Waals surface area contributed by atoms with Gasteiger partial charge in [0.2, 0.25) is 5.91 Å². The van der Waals surface area contributed by atoms with Crippen LogP contribution < -0.4 is 10.6 Å². The number of halogens is 1. The number of hydrogen-bond acceptors (Lipinski definition) is 2. The Morgan fingerprint density at radius 1 is 1.35 bits per heavy atom. The van der Waals surface area contributed by atoms with E-state index in [4.69, 9.17) is 0 Å². The molecule has 17 heavy (non-hydrogen) atoms. The standard InChI is InChI=1S/C13H19BrN2O/c1-10(16-8-7-13(17)15-2)9-11-3-5-12(14)6-4-11/h3-6,10,16H,7-9H2,1-2H3,(H,15,17). The summed E-state index contributed by atoms with van der Waals surface area (Å²) in [4.78, 5) is 11.0. The Hall–Kier alpha value is -0.870. The van der Waals surface area contributed by atoms with Crippen molar-refractivity contribution in [3.05, 3.63) is 34.3 Å². The Labute approximate surface area is 111 Å². The van der Waals surface area contributed by atoms with Gasteiger partial charge in [0.1, 0.15) is 0 Å². The number of carbonyl (C=O) groups excluding carboxylic acids is 1. The zero-order valence-corrected chi connectivity index (χ0v) is 11.9. The van der Waals surface area contributed by atoms with Gasteiger partial charge in [0, 0.05) is 30.5 Å². The first-order valence-corrected chi connectivity index (χ1v) is 6.59. The Bertz CT molecular complexity index is 351. The van der Waals surface area contributed by atoms with Crippen LogP contribution in [0.15, 0.2) is 28.7 Å². The second kappa shape index (κ2) is 7.45. The van der Waals surface area contributed by atoms with Gasteiger partial charge in [-0.25, -0.2) is 0 Å². The minimum atomic E-state index is 0.0772. The maximum atomic E-state index is 11.0. The molecule has 1 rings (SSSR count). The topological polar surface area (TPSA) is 41.1 Å². The van der Waals surface area contributed by atoms with Crippen molar-refractivity contribution < 1.29 is 4.79 Å². The van der Waals surface area contributed by atoms with Crippen LogP contribution in [0.4, 0.5) is 0 Å². The van der Waals surface area contributed by atoms with Crippen molar-refractivity contribution in [2.45, 2.75) is 25.8 Å². The van der Waals surface area contributed by atoms with Crippen molar-refractivity contribution in [1.29, 1.82) is 0 Å². The summed E-state index contributed by atoms with van der Waals surface area (Å²) in [7, 11) is 1.66. The van der Waals surface area contributed by atoms with Crippen LogP contribution in [0.3, 0.4) is 0 Å². The van der Waals surface area contributed by atoms with Crippen LogP contribution in [0.2, 0.25) is 0 Å². The second-order valence-electron chi connectivity index (χ2n) is 4.11. The van der Waals surface area contributed by atoms with Crippen LogP contribution >= 0.6 is 15.9 Å². The summed E-state index contributed by atoms with van der Waals surface area (Å²) in [6, 6.07) is 8.70. The first kappa shape index (κ1) is 14.2. The second-order valence-corrected chi connectivity index (χ2v) is 5.02. The van der Waals surface area contributed by atoms with Gasteiger partial charge in [-0.2, -0.15) is 0 Å². The predicted octanol–water partition coefficient (Wildman–Crippen LogP) is 2.11. The fourth-order valence-electron chi connectivity index (χ4n) is 1.60. The number of amides is 1. The number of hydrogen-bond donors (Lipinski definition) is 2. The van der Waals surface area contributed by atoms with Gasteiger partial charge in [-0.05, 0) is 31.0 Å². The summed E-state index contributed by atoms with van der Waals surface area (Å²) in [5, 5.41) is 5.95. The highest BCUT2D eigenvalue weighted by Gasteiger charge is 2.04. The molecule has 3 nitrogen and oxygen atoms in total. The smallest absolute Gasteiger partial charge is 0.221 e. The molecule has 1 atom stereocenters. The van der Waals surface area contributed by atoms with Crippen LogP contribution in [-0.2, 0) is 11.2 Å². The third kappa shape index (κ3) is 5.84. The lowest BCUT2D eigenvalue weighted by molar-refractivity contribution is -0.120. The largest absolute Gasteiger partial charge is 0.359 e. The van der Waals surface area contributed by atoms with Crippen molar-refractivity contribution in [3.63, 3.8) is 0 Å². The molecule has 0 aliphatic carbocycles. The number of rotatable bonds is 6. The number of carbonyl (C=O) groups is 1. The van der Waals surface area contributed by atoms with Crippen molar-refractivity contribution in [2.75, 3.05) is 13.6 Å². The molecule has 0 bridgehead atoms. The van der Waals surface area contributed by atoms with E-state index in [-0.39, 0.29) is 5.91 Å². The molecule has 1 aromatic carbocycles. The minimum absolute atomic E-state index is 0.0772. The lowest BCUT2D eigenvalue weighted by atomic mass is 10.1. The highest BCUT2D eigenvalue weighted by atomic mass is 79.9.